The molecular weight excluding hydrogens is 332 g/mol. The van der Waals surface area contributed by atoms with E-state index in [1.165, 1.54) is 37.5 Å². The van der Waals surface area contributed by atoms with E-state index in [0.717, 1.165) is 4.57 Å². The Morgan fingerprint density at radius 3 is 2.84 bits per heavy atom. The fraction of sp³-hybridized carbons (Fsp3) is 0.294. The highest BCUT2D eigenvalue weighted by Gasteiger charge is 2.18. The molecule has 1 amide bonds. The average Bonchev–Trinajstić information content (AvgIpc) is 3.07. The second-order valence-electron chi connectivity index (χ2n) is 5.15. The molecule has 0 fully saturated rings. The number of hydrogen-bond donors (Lipinski definition) is 0. The van der Waals surface area contributed by atoms with Crippen molar-refractivity contribution in [3.63, 3.8) is 0 Å². The lowest BCUT2D eigenvalue weighted by atomic mass is 10.1. The maximum atomic E-state index is 12.9. The summed E-state index contributed by atoms with van der Waals surface area (Å²) in [5.74, 6) is 0.631. The number of nitrogens with zero attached hydrogens (tertiary/aromatic N) is 3. The number of hydrogen-bond acceptors (Lipinski definition) is 4. The maximum Gasteiger partial charge on any atom is 0.319 e. The number of ether oxygens (including phenoxy) is 2. The Morgan fingerprint density at radius 2 is 2.20 bits per heavy atom. The van der Waals surface area contributed by atoms with Crippen LogP contribution < -0.4 is 9.47 Å². The number of rotatable bonds is 8. The highest BCUT2D eigenvalue weighted by molar-refractivity contribution is 5.94. The molecule has 1 heterocycles. The van der Waals surface area contributed by atoms with Crippen LogP contribution in [0.3, 0.4) is 0 Å². The molecule has 0 saturated heterocycles. The standard InChI is InChI=1S/C17H19F2N3O3/c1-4-9-25-13-6-5-12(10-14(13)24-3)16(23)21(2)11-15-20-7-8-22(15)17(18)19/h4-8,10,17H,1,9,11H2,2-3H3. The van der Waals surface area contributed by atoms with Crippen LogP contribution in [0.4, 0.5) is 8.78 Å². The van der Waals surface area contributed by atoms with Crippen molar-refractivity contribution >= 4 is 5.91 Å². The van der Waals surface area contributed by atoms with Gasteiger partial charge in [-0.25, -0.2) is 4.98 Å². The molecule has 0 radical (unpaired) electrons. The summed E-state index contributed by atoms with van der Waals surface area (Å²) in [7, 11) is 2.98. The van der Waals surface area contributed by atoms with E-state index in [-0.39, 0.29) is 18.3 Å². The summed E-state index contributed by atoms with van der Waals surface area (Å²) < 4.78 is 37.1. The van der Waals surface area contributed by atoms with E-state index in [0.29, 0.717) is 23.7 Å². The van der Waals surface area contributed by atoms with Crippen molar-refractivity contribution in [3.05, 3.63) is 54.6 Å². The zero-order valence-corrected chi connectivity index (χ0v) is 14.0. The van der Waals surface area contributed by atoms with Crippen LogP contribution in [0.5, 0.6) is 11.5 Å². The number of benzene rings is 1. The topological polar surface area (TPSA) is 56.6 Å². The van der Waals surface area contributed by atoms with Gasteiger partial charge in [0.2, 0.25) is 0 Å². The van der Waals surface area contributed by atoms with E-state index in [1.54, 1.807) is 18.2 Å². The van der Waals surface area contributed by atoms with E-state index in [1.807, 2.05) is 0 Å². The Hall–Kier alpha value is -2.90. The highest BCUT2D eigenvalue weighted by atomic mass is 19.3. The first-order valence-electron chi connectivity index (χ1n) is 7.45. The van der Waals surface area contributed by atoms with Gasteiger partial charge in [-0.1, -0.05) is 12.7 Å². The van der Waals surface area contributed by atoms with Crippen LogP contribution in [0.1, 0.15) is 22.7 Å². The predicted molar refractivity (Wildman–Crippen MR) is 88.0 cm³/mol. The molecule has 6 nitrogen and oxygen atoms in total. The molecule has 0 N–H and O–H groups in total. The largest absolute Gasteiger partial charge is 0.493 e. The molecular formula is C17H19F2N3O3. The summed E-state index contributed by atoms with van der Waals surface area (Å²) in [6.07, 6.45) is 4.04. The number of amides is 1. The van der Waals surface area contributed by atoms with E-state index >= 15 is 0 Å². The molecule has 0 aliphatic carbocycles. The van der Waals surface area contributed by atoms with Gasteiger partial charge in [0.1, 0.15) is 12.4 Å². The number of aromatic nitrogens is 2. The van der Waals surface area contributed by atoms with Gasteiger partial charge >= 0.3 is 6.55 Å². The molecule has 0 bridgehead atoms. The van der Waals surface area contributed by atoms with Crippen molar-refractivity contribution in [1.82, 2.24) is 14.5 Å². The number of carbonyl (C=O) groups is 1. The molecule has 0 aliphatic heterocycles. The van der Waals surface area contributed by atoms with Crippen molar-refractivity contribution < 1.29 is 23.0 Å². The van der Waals surface area contributed by atoms with Gasteiger partial charge in [0.05, 0.1) is 13.7 Å². The smallest absolute Gasteiger partial charge is 0.319 e. The SMILES string of the molecule is C=CCOc1ccc(C(=O)N(C)Cc2nccn2C(F)F)cc1OC. The third kappa shape index (κ3) is 4.34. The van der Waals surface area contributed by atoms with Crippen LogP contribution in [0.2, 0.25) is 0 Å². The summed E-state index contributed by atoms with van der Waals surface area (Å²) in [5, 5.41) is 0. The first-order valence-corrected chi connectivity index (χ1v) is 7.45. The van der Waals surface area contributed by atoms with E-state index < -0.39 is 6.55 Å². The molecule has 1 aromatic carbocycles. The number of carbonyl (C=O) groups excluding carboxylic acids is 1. The van der Waals surface area contributed by atoms with E-state index in [2.05, 4.69) is 11.6 Å². The Balaban J connectivity index is 2.16. The first-order chi connectivity index (χ1) is 12.0. The lowest BCUT2D eigenvalue weighted by Gasteiger charge is -2.18. The van der Waals surface area contributed by atoms with Crippen LogP contribution in [0, 0.1) is 0 Å². The molecule has 0 saturated carbocycles. The van der Waals surface area contributed by atoms with Gasteiger partial charge in [-0.05, 0) is 18.2 Å². The second-order valence-corrected chi connectivity index (χ2v) is 5.15. The molecule has 134 valence electrons. The summed E-state index contributed by atoms with van der Waals surface area (Å²) in [4.78, 5) is 17.7. The molecule has 1 aromatic heterocycles. The normalized spacial score (nSPS) is 10.6. The second kappa shape index (κ2) is 8.27. The molecule has 0 unspecified atom stereocenters. The van der Waals surface area contributed by atoms with Crippen LogP contribution in [0.15, 0.2) is 43.2 Å². The van der Waals surface area contributed by atoms with Gasteiger partial charge in [-0.15, -0.1) is 0 Å². The zero-order valence-electron chi connectivity index (χ0n) is 14.0. The number of alkyl halides is 2. The lowest BCUT2D eigenvalue weighted by molar-refractivity contribution is 0.0612. The molecule has 0 spiro atoms. The fourth-order valence-electron chi connectivity index (χ4n) is 2.22. The average molecular weight is 351 g/mol. The van der Waals surface area contributed by atoms with Gasteiger partial charge in [0, 0.05) is 25.0 Å². The molecule has 8 heteroatoms. The molecule has 25 heavy (non-hydrogen) atoms. The Morgan fingerprint density at radius 1 is 1.44 bits per heavy atom. The third-order valence-electron chi connectivity index (χ3n) is 3.45. The minimum absolute atomic E-state index is 0.0484. The van der Waals surface area contributed by atoms with Gasteiger partial charge in [0.25, 0.3) is 5.91 Å². The summed E-state index contributed by atoms with van der Waals surface area (Å²) >= 11 is 0. The van der Waals surface area contributed by atoms with E-state index in [9.17, 15) is 13.6 Å². The van der Waals surface area contributed by atoms with Crippen molar-refractivity contribution in [2.45, 2.75) is 13.1 Å². The van der Waals surface area contributed by atoms with Gasteiger partial charge < -0.3 is 14.4 Å². The summed E-state index contributed by atoms with van der Waals surface area (Å²) in [6, 6.07) is 4.74. The van der Waals surface area contributed by atoms with Crippen LogP contribution >= 0.6 is 0 Å². The van der Waals surface area contributed by atoms with Gasteiger partial charge in [-0.3, -0.25) is 9.36 Å². The molecule has 0 aliphatic rings. The number of methoxy groups -OCH3 is 1. The quantitative estimate of drug-likeness (QED) is 0.686. The zero-order chi connectivity index (χ0) is 18.4. The van der Waals surface area contributed by atoms with Crippen LogP contribution in [-0.4, -0.2) is 41.1 Å². The maximum absolute atomic E-state index is 12.9. The van der Waals surface area contributed by atoms with Crippen molar-refractivity contribution in [3.8, 4) is 11.5 Å². The van der Waals surface area contributed by atoms with Crippen molar-refractivity contribution in [2.75, 3.05) is 20.8 Å². The minimum Gasteiger partial charge on any atom is -0.493 e. The fourth-order valence-corrected chi connectivity index (χ4v) is 2.22. The lowest BCUT2D eigenvalue weighted by Crippen LogP contribution is -2.27. The Kier molecular flexibility index (Phi) is 6.10. The molecule has 2 aromatic rings. The number of halogens is 2. The van der Waals surface area contributed by atoms with E-state index in [4.69, 9.17) is 9.47 Å². The van der Waals surface area contributed by atoms with Gasteiger partial charge in [-0.2, -0.15) is 8.78 Å². The Labute approximate surface area is 144 Å². The first kappa shape index (κ1) is 18.4. The highest BCUT2D eigenvalue weighted by Crippen LogP contribution is 2.28. The summed E-state index contributed by atoms with van der Waals surface area (Å²) in [5.41, 5.74) is 0.348. The minimum atomic E-state index is -2.71. The molecule has 2 rings (SSSR count). The van der Waals surface area contributed by atoms with Crippen molar-refractivity contribution in [2.24, 2.45) is 0 Å². The third-order valence-corrected chi connectivity index (χ3v) is 3.45. The van der Waals surface area contributed by atoms with Crippen LogP contribution in [0.25, 0.3) is 0 Å². The molecule has 0 atom stereocenters. The van der Waals surface area contributed by atoms with Gasteiger partial charge in [0.15, 0.2) is 11.5 Å². The monoisotopic (exact) mass is 351 g/mol. The summed E-state index contributed by atoms with van der Waals surface area (Å²) in [6.45, 7) is 1.12. The van der Waals surface area contributed by atoms with Crippen LogP contribution in [-0.2, 0) is 6.54 Å². The van der Waals surface area contributed by atoms with Crippen molar-refractivity contribution in [1.29, 1.82) is 0 Å². The Bertz CT molecular complexity index is 746. The number of imidazole rings is 1. The predicted octanol–water partition coefficient (Wildman–Crippen LogP) is 3.12.